The summed E-state index contributed by atoms with van der Waals surface area (Å²) >= 11 is 0. The van der Waals surface area contributed by atoms with Crippen molar-refractivity contribution in [1.29, 1.82) is 0 Å². The summed E-state index contributed by atoms with van der Waals surface area (Å²) in [5.74, 6) is 0.775. The smallest absolute Gasteiger partial charge is 0.147 e. The minimum atomic E-state index is -2.82. The molecule has 0 saturated heterocycles. The molecule has 0 saturated carbocycles. The highest BCUT2D eigenvalue weighted by molar-refractivity contribution is 7.90. The molecule has 1 unspecified atom stereocenters. The molecule has 0 aromatic heterocycles. The van der Waals surface area contributed by atoms with E-state index in [0.717, 1.165) is 19.5 Å². The molecule has 0 rings (SSSR count). The second-order valence-corrected chi connectivity index (χ2v) is 7.24. The second kappa shape index (κ2) is 7.25. The minimum absolute atomic E-state index is 0.234. The van der Waals surface area contributed by atoms with Crippen molar-refractivity contribution < 1.29 is 8.42 Å². The van der Waals surface area contributed by atoms with Crippen LogP contribution >= 0.6 is 0 Å². The van der Waals surface area contributed by atoms with E-state index in [-0.39, 0.29) is 11.8 Å². The Morgan fingerprint density at radius 1 is 1.25 bits per heavy atom. The summed E-state index contributed by atoms with van der Waals surface area (Å²) < 4.78 is 21.9. The topological polar surface area (TPSA) is 63.4 Å². The molecule has 0 amide bonds. The van der Waals surface area contributed by atoms with E-state index in [1.54, 1.807) is 0 Å². The van der Waals surface area contributed by atoms with Crippen molar-refractivity contribution in [2.24, 2.45) is 11.7 Å². The molecule has 0 aliphatic rings. The van der Waals surface area contributed by atoms with Gasteiger partial charge >= 0.3 is 0 Å². The van der Waals surface area contributed by atoms with Gasteiger partial charge in [0, 0.05) is 12.3 Å². The predicted molar refractivity (Wildman–Crippen MR) is 69.3 cm³/mol. The lowest BCUT2D eigenvalue weighted by molar-refractivity contribution is 0.303. The lowest BCUT2D eigenvalue weighted by Crippen LogP contribution is -2.32. The lowest BCUT2D eigenvalue weighted by atomic mass is 10.0. The molecule has 0 aromatic carbocycles. The van der Waals surface area contributed by atoms with E-state index in [2.05, 4.69) is 18.7 Å². The van der Waals surface area contributed by atoms with Gasteiger partial charge in [0.1, 0.15) is 9.84 Å². The molecule has 1 atom stereocenters. The Hall–Kier alpha value is -0.130. The van der Waals surface area contributed by atoms with E-state index >= 15 is 0 Å². The highest BCUT2D eigenvalue weighted by Crippen LogP contribution is 2.04. The summed E-state index contributed by atoms with van der Waals surface area (Å²) in [6.07, 6.45) is 2.95. The summed E-state index contributed by atoms with van der Waals surface area (Å²) in [4.78, 5) is 2.15. The molecule has 4 nitrogen and oxygen atoms in total. The SMILES string of the molecule is CC(C)C(N)CCN(C)CCCS(C)(=O)=O. The van der Waals surface area contributed by atoms with Crippen LogP contribution in [0.4, 0.5) is 0 Å². The van der Waals surface area contributed by atoms with E-state index in [0.29, 0.717) is 12.3 Å². The average Bonchev–Trinajstić information content (AvgIpc) is 2.11. The Bertz CT molecular complexity index is 276. The molecule has 5 heteroatoms. The van der Waals surface area contributed by atoms with Gasteiger partial charge in [-0.3, -0.25) is 0 Å². The van der Waals surface area contributed by atoms with Crippen LogP contribution in [0.15, 0.2) is 0 Å². The quantitative estimate of drug-likeness (QED) is 0.690. The van der Waals surface area contributed by atoms with E-state index in [4.69, 9.17) is 5.73 Å². The summed E-state index contributed by atoms with van der Waals surface area (Å²) in [5, 5.41) is 0. The van der Waals surface area contributed by atoms with Crippen molar-refractivity contribution in [3.63, 3.8) is 0 Å². The molecular formula is C11H26N2O2S. The Morgan fingerprint density at radius 2 is 1.81 bits per heavy atom. The Morgan fingerprint density at radius 3 is 2.25 bits per heavy atom. The van der Waals surface area contributed by atoms with Gasteiger partial charge in [-0.15, -0.1) is 0 Å². The number of rotatable bonds is 8. The number of hydrogen-bond acceptors (Lipinski definition) is 4. The summed E-state index contributed by atoms with van der Waals surface area (Å²) in [6.45, 7) is 5.99. The fourth-order valence-electron chi connectivity index (χ4n) is 1.41. The number of nitrogens with zero attached hydrogens (tertiary/aromatic N) is 1. The van der Waals surface area contributed by atoms with Crippen molar-refractivity contribution in [2.75, 3.05) is 32.1 Å². The first-order valence-electron chi connectivity index (χ1n) is 5.84. The molecule has 0 spiro atoms. The third-order valence-electron chi connectivity index (χ3n) is 2.76. The maximum absolute atomic E-state index is 10.9. The minimum Gasteiger partial charge on any atom is -0.327 e. The van der Waals surface area contributed by atoms with Gasteiger partial charge in [0.25, 0.3) is 0 Å². The van der Waals surface area contributed by atoms with Crippen LogP contribution in [0, 0.1) is 5.92 Å². The van der Waals surface area contributed by atoms with Crippen LogP contribution in [0.25, 0.3) is 0 Å². The van der Waals surface area contributed by atoms with Crippen LogP contribution in [0.5, 0.6) is 0 Å². The monoisotopic (exact) mass is 250 g/mol. The third kappa shape index (κ3) is 9.12. The fourth-order valence-corrected chi connectivity index (χ4v) is 2.06. The summed E-state index contributed by atoms with van der Waals surface area (Å²) in [7, 11) is -0.807. The zero-order valence-corrected chi connectivity index (χ0v) is 11.8. The number of sulfone groups is 1. The standard InChI is InChI=1S/C11H26N2O2S/c1-10(2)11(12)6-8-13(3)7-5-9-16(4,14)15/h10-11H,5-9,12H2,1-4H3. The maximum atomic E-state index is 10.9. The molecule has 0 radical (unpaired) electrons. The van der Waals surface area contributed by atoms with Crippen LogP contribution in [0.1, 0.15) is 26.7 Å². The van der Waals surface area contributed by atoms with E-state index in [1.807, 2.05) is 7.05 Å². The van der Waals surface area contributed by atoms with Gasteiger partial charge in [0.05, 0.1) is 5.75 Å². The highest BCUT2D eigenvalue weighted by Gasteiger charge is 2.09. The molecule has 0 aromatic rings. The van der Waals surface area contributed by atoms with Crippen molar-refractivity contribution >= 4 is 9.84 Å². The summed E-state index contributed by atoms with van der Waals surface area (Å²) in [5.41, 5.74) is 5.94. The van der Waals surface area contributed by atoms with Gasteiger partial charge in [-0.1, -0.05) is 13.8 Å². The van der Waals surface area contributed by atoms with Gasteiger partial charge < -0.3 is 10.6 Å². The lowest BCUT2D eigenvalue weighted by Gasteiger charge is -2.21. The van der Waals surface area contributed by atoms with Gasteiger partial charge in [-0.25, -0.2) is 8.42 Å². The first kappa shape index (κ1) is 15.9. The average molecular weight is 250 g/mol. The molecule has 0 fully saturated rings. The zero-order valence-electron chi connectivity index (χ0n) is 10.9. The summed E-state index contributed by atoms with van der Waals surface area (Å²) in [6, 6.07) is 0.234. The normalized spacial score (nSPS) is 14.7. The van der Waals surface area contributed by atoms with Crippen LogP contribution in [-0.2, 0) is 9.84 Å². The molecule has 0 aliphatic heterocycles. The van der Waals surface area contributed by atoms with Crippen LogP contribution in [0.3, 0.4) is 0 Å². The Labute approximate surface area is 100 Å². The van der Waals surface area contributed by atoms with Gasteiger partial charge in [0.2, 0.25) is 0 Å². The molecular weight excluding hydrogens is 224 g/mol. The zero-order chi connectivity index (χ0) is 12.8. The fraction of sp³-hybridized carbons (Fsp3) is 1.00. The van der Waals surface area contributed by atoms with Crippen LogP contribution < -0.4 is 5.73 Å². The molecule has 2 N–H and O–H groups in total. The molecule has 0 bridgehead atoms. The third-order valence-corrected chi connectivity index (χ3v) is 3.79. The predicted octanol–water partition coefficient (Wildman–Crippen LogP) is 0.726. The molecule has 16 heavy (non-hydrogen) atoms. The van der Waals surface area contributed by atoms with Crippen LogP contribution in [-0.4, -0.2) is 51.5 Å². The number of nitrogens with two attached hydrogens (primary N) is 1. The van der Waals surface area contributed by atoms with Gasteiger partial charge in [0.15, 0.2) is 0 Å². The van der Waals surface area contributed by atoms with E-state index in [9.17, 15) is 8.42 Å². The van der Waals surface area contributed by atoms with Gasteiger partial charge in [-0.2, -0.15) is 0 Å². The first-order chi connectivity index (χ1) is 7.22. The Balaban J connectivity index is 3.63. The first-order valence-corrected chi connectivity index (χ1v) is 7.90. The van der Waals surface area contributed by atoms with E-state index < -0.39 is 9.84 Å². The largest absolute Gasteiger partial charge is 0.327 e. The molecule has 0 heterocycles. The Kier molecular flexibility index (Phi) is 7.19. The van der Waals surface area contributed by atoms with Crippen molar-refractivity contribution in [1.82, 2.24) is 4.90 Å². The number of hydrogen-bond donors (Lipinski definition) is 1. The van der Waals surface area contributed by atoms with Crippen LogP contribution in [0.2, 0.25) is 0 Å². The maximum Gasteiger partial charge on any atom is 0.147 e. The van der Waals surface area contributed by atoms with Crippen molar-refractivity contribution in [2.45, 2.75) is 32.7 Å². The second-order valence-electron chi connectivity index (χ2n) is 4.98. The van der Waals surface area contributed by atoms with Crippen molar-refractivity contribution in [3.8, 4) is 0 Å². The molecule has 98 valence electrons. The highest BCUT2D eigenvalue weighted by atomic mass is 32.2. The van der Waals surface area contributed by atoms with Crippen molar-refractivity contribution in [3.05, 3.63) is 0 Å². The van der Waals surface area contributed by atoms with E-state index in [1.165, 1.54) is 6.26 Å². The molecule has 0 aliphatic carbocycles. The van der Waals surface area contributed by atoms with Gasteiger partial charge in [-0.05, 0) is 38.9 Å².